The molecule has 3 aromatic rings. The molecule has 0 saturated carbocycles. The van der Waals surface area contributed by atoms with E-state index in [-0.39, 0.29) is 18.2 Å². The summed E-state index contributed by atoms with van der Waals surface area (Å²) >= 11 is 0. The largest absolute Gasteiger partial charge is 0.494 e. The van der Waals surface area contributed by atoms with Gasteiger partial charge in [-0.25, -0.2) is 8.42 Å². The highest BCUT2D eigenvalue weighted by atomic mass is 32.2. The second-order valence-corrected chi connectivity index (χ2v) is 9.54. The van der Waals surface area contributed by atoms with Gasteiger partial charge in [-0.2, -0.15) is 0 Å². The fraction of sp³-hybridized carbons (Fsp3) is 0.240. The van der Waals surface area contributed by atoms with E-state index < -0.39 is 16.1 Å². The maximum absolute atomic E-state index is 13.3. The normalized spacial score (nSPS) is 15.3. The summed E-state index contributed by atoms with van der Waals surface area (Å²) in [7, 11) is -3.73. The molecule has 0 radical (unpaired) electrons. The lowest BCUT2D eigenvalue weighted by atomic mass is 10.2. The first-order chi connectivity index (χ1) is 16.0. The number of nitrogens with one attached hydrogen (secondary N) is 1. The molecule has 33 heavy (non-hydrogen) atoms. The quantitative estimate of drug-likeness (QED) is 0.549. The van der Waals surface area contributed by atoms with Gasteiger partial charge in [-0.05, 0) is 42.3 Å². The number of sulfonamides is 1. The molecule has 7 nitrogen and oxygen atoms in total. The smallest absolute Gasteiger partial charge is 0.263 e. The molecule has 0 aromatic heterocycles. The van der Waals surface area contributed by atoms with E-state index in [9.17, 15) is 13.2 Å². The Morgan fingerprint density at radius 2 is 1.70 bits per heavy atom. The summed E-state index contributed by atoms with van der Waals surface area (Å²) in [6.07, 6.45) is -0.965. The van der Waals surface area contributed by atoms with E-state index in [1.54, 1.807) is 48.5 Å². The average molecular weight is 467 g/mol. The summed E-state index contributed by atoms with van der Waals surface area (Å²) < 4.78 is 39.1. The van der Waals surface area contributed by atoms with Crippen LogP contribution >= 0.6 is 0 Å². The lowest BCUT2D eigenvalue weighted by Gasteiger charge is -2.34. The molecule has 1 N–H and O–H groups in total. The van der Waals surface area contributed by atoms with Crippen molar-refractivity contribution in [2.45, 2.75) is 25.3 Å². The molecule has 0 bridgehead atoms. The topological polar surface area (TPSA) is 84.9 Å². The minimum Gasteiger partial charge on any atom is -0.494 e. The predicted octanol–water partition coefficient (Wildman–Crippen LogP) is 3.50. The van der Waals surface area contributed by atoms with Gasteiger partial charge >= 0.3 is 0 Å². The highest BCUT2D eigenvalue weighted by Crippen LogP contribution is 2.35. The molecule has 1 unspecified atom stereocenters. The number of hydrogen-bond acceptors (Lipinski definition) is 5. The van der Waals surface area contributed by atoms with Crippen molar-refractivity contribution in [3.8, 4) is 11.5 Å². The van der Waals surface area contributed by atoms with Gasteiger partial charge in [0.15, 0.2) is 6.10 Å². The second kappa shape index (κ2) is 9.95. The van der Waals surface area contributed by atoms with Gasteiger partial charge in [0, 0.05) is 6.54 Å². The predicted molar refractivity (Wildman–Crippen MR) is 127 cm³/mol. The molecular formula is C25H26N2O5S. The van der Waals surface area contributed by atoms with Crippen LogP contribution in [0.25, 0.3) is 0 Å². The Balaban J connectivity index is 1.49. The summed E-state index contributed by atoms with van der Waals surface area (Å²) in [6, 6.07) is 23.3. The SMILES string of the molecule is CCOc1ccc(CNC(=O)C2CN(S(=O)(=O)Cc3ccccc3)c3ccccc3O2)cc1. The number of amides is 1. The summed E-state index contributed by atoms with van der Waals surface area (Å²) in [6.45, 7) is 2.70. The Morgan fingerprint density at radius 3 is 2.42 bits per heavy atom. The molecular weight excluding hydrogens is 440 g/mol. The number of para-hydroxylation sites is 2. The van der Waals surface area contributed by atoms with Crippen LogP contribution in [-0.2, 0) is 27.1 Å². The fourth-order valence-corrected chi connectivity index (χ4v) is 5.22. The van der Waals surface area contributed by atoms with Crippen LogP contribution in [0.15, 0.2) is 78.9 Å². The molecule has 3 aromatic carbocycles. The zero-order valence-electron chi connectivity index (χ0n) is 18.3. The number of benzene rings is 3. The highest BCUT2D eigenvalue weighted by Gasteiger charge is 2.36. The Bertz CT molecular complexity index is 1200. The monoisotopic (exact) mass is 466 g/mol. The van der Waals surface area contributed by atoms with Crippen molar-refractivity contribution in [3.63, 3.8) is 0 Å². The minimum absolute atomic E-state index is 0.0959. The summed E-state index contributed by atoms with van der Waals surface area (Å²) in [5.41, 5.74) is 2.01. The molecule has 1 aliphatic rings. The summed E-state index contributed by atoms with van der Waals surface area (Å²) in [4.78, 5) is 12.9. The third-order valence-electron chi connectivity index (χ3n) is 5.26. The zero-order valence-corrected chi connectivity index (χ0v) is 19.1. The lowest BCUT2D eigenvalue weighted by Crippen LogP contribution is -2.50. The Labute approximate surface area is 194 Å². The van der Waals surface area contributed by atoms with Crippen LogP contribution in [0.4, 0.5) is 5.69 Å². The fourth-order valence-electron chi connectivity index (χ4n) is 3.64. The van der Waals surface area contributed by atoms with Crippen molar-refractivity contribution < 1.29 is 22.7 Å². The van der Waals surface area contributed by atoms with Crippen LogP contribution in [0.3, 0.4) is 0 Å². The number of carbonyl (C=O) groups is 1. The van der Waals surface area contributed by atoms with Crippen LogP contribution in [0.1, 0.15) is 18.1 Å². The van der Waals surface area contributed by atoms with Gasteiger partial charge in [0.25, 0.3) is 5.91 Å². The maximum atomic E-state index is 13.3. The molecule has 1 aliphatic heterocycles. The number of carbonyl (C=O) groups excluding carboxylic acids is 1. The molecule has 1 atom stereocenters. The summed E-state index contributed by atoms with van der Waals surface area (Å²) in [5.74, 6) is 0.585. The van der Waals surface area contributed by atoms with E-state index in [0.29, 0.717) is 30.2 Å². The van der Waals surface area contributed by atoms with Crippen molar-refractivity contribution in [1.82, 2.24) is 5.32 Å². The second-order valence-electron chi connectivity index (χ2n) is 7.64. The van der Waals surface area contributed by atoms with Crippen molar-refractivity contribution in [2.24, 2.45) is 0 Å². The molecule has 4 rings (SSSR count). The van der Waals surface area contributed by atoms with E-state index in [4.69, 9.17) is 9.47 Å². The van der Waals surface area contributed by atoms with Gasteiger partial charge in [-0.15, -0.1) is 0 Å². The van der Waals surface area contributed by atoms with Crippen molar-refractivity contribution >= 4 is 21.6 Å². The molecule has 1 heterocycles. The maximum Gasteiger partial charge on any atom is 0.263 e. The molecule has 0 saturated heterocycles. The lowest BCUT2D eigenvalue weighted by molar-refractivity contribution is -0.127. The number of fused-ring (bicyclic) bond motifs is 1. The van der Waals surface area contributed by atoms with E-state index >= 15 is 0 Å². The summed E-state index contributed by atoms with van der Waals surface area (Å²) in [5, 5.41) is 2.85. The molecule has 172 valence electrons. The number of hydrogen-bond donors (Lipinski definition) is 1. The highest BCUT2D eigenvalue weighted by molar-refractivity contribution is 7.92. The first-order valence-electron chi connectivity index (χ1n) is 10.8. The van der Waals surface area contributed by atoms with E-state index in [2.05, 4.69) is 5.32 Å². The minimum atomic E-state index is -3.73. The van der Waals surface area contributed by atoms with Gasteiger partial charge in [0.2, 0.25) is 10.0 Å². The number of anilines is 1. The van der Waals surface area contributed by atoms with Gasteiger partial charge < -0.3 is 14.8 Å². The van der Waals surface area contributed by atoms with Crippen molar-refractivity contribution in [3.05, 3.63) is 90.0 Å². The molecule has 0 aliphatic carbocycles. The standard InChI is InChI=1S/C25H26N2O5S/c1-2-31-21-14-12-19(13-15-21)16-26-25(28)24-17-27(22-10-6-7-11-23(22)32-24)33(29,30)18-20-8-4-3-5-9-20/h3-15,24H,2,16-18H2,1H3,(H,26,28). The molecule has 1 amide bonds. The van der Waals surface area contributed by atoms with E-state index in [1.165, 1.54) is 4.31 Å². The van der Waals surface area contributed by atoms with Crippen LogP contribution in [-0.4, -0.2) is 33.6 Å². The van der Waals surface area contributed by atoms with E-state index in [0.717, 1.165) is 11.3 Å². The Kier molecular flexibility index (Phi) is 6.84. The van der Waals surface area contributed by atoms with Crippen LogP contribution in [0, 0.1) is 0 Å². The third kappa shape index (κ3) is 5.46. The first-order valence-corrected chi connectivity index (χ1v) is 12.4. The van der Waals surface area contributed by atoms with Gasteiger partial charge in [-0.3, -0.25) is 9.10 Å². The Morgan fingerprint density at radius 1 is 1.00 bits per heavy atom. The van der Waals surface area contributed by atoms with Crippen molar-refractivity contribution in [1.29, 1.82) is 0 Å². The van der Waals surface area contributed by atoms with Crippen molar-refractivity contribution in [2.75, 3.05) is 17.5 Å². The van der Waals surface area contributed by atoms with Crippen LogP contribution < -0.4 is 19.1 Å². The number of ether oxygens (including phenoxy) is 2. The van der Waals surface area contributed by atoms with Gasteiger partial charge in [-0.1, -0.05) is 54.6 Å². The average Bonchev–Trinajstić information content (AvgIpc) is 2.83. The molecule has 8 heteroatoms. The molecule has 0 spiro atoms. The zero-order chi connectivity index (χ0) is 23.3. The van der Waals surface area contributed by atoms with E-state index in [1.807, 2.05) is 37.3 Å². The number of rotatable bonds is 8. The van der Waals surface area contributed by atoms with Crippen LogP contribution in [0.5, 0.6) is 11.5 Å². The molecule has 0 fully saturated rings. The third-order valence-corrected chi connectivity index (χ3v) is 6.97. The Hall–Kier alpha value is -3.52. The number of nitrogens with zero attached hydrogens (tertiary/aromatic N) is 1. The van der Waals surface area contributed by atoms with Gasteiger partial charge in [0.05, 0.1) is 24.6 Å². The van der Waals surface area contributed by atoms with Gasteiger partial charge in [0.1, 0.15) is 11.5 Å². The van der Waals surface area contributed by atoms with Crippen LogP contribution in [0.2, 0.25) is 0 Å². The first kappa shape index (κ1) is 22.7.